The van der Waals surface area contributed by atoms with E-state index in [1.54, 1.807) is 12.4 Å². The van der Waals surface area contributed by atoms with Crippen LogP contribution in [0.15, 0.2) is 82.7 Å². The van der Waals surface area contributed by atoms with Crippen LogP contribution in [0.4, 0.5) is 11.4 Å². The molecule has 0 unspecified atom stereocenters. The van der Waals surface area contributed by atoms with E-state index in [-0.39, 0.29) is 0 Å². The monoisotopic (exact) mass is 290 g/mol. The summed E-state index contributed by atoms with van der Waals surface area (Å²) < 4.78 is 0. The molecule has 2 aliphatic rings. The summed E-state index contributed by atoms with van der Waals surface area (Å²) in [4.78, 5) is 8.97. The molecule has 0 saturated carbocycles. The van der Waals surface area contributed by atoms with E-state index in [9.17, 15) is 0 Å². The van der Waals surface area contributed by atoms with E-state index in [1.807, 2.05) is 54.8 Å². The Bertz CT molecular complexity index is 706. The predicted octanol–water partition coefficient (Wildman–Crippen LogP) is 3.72. The van der Waals surface area contributed by atoms with Gasteiger partial charge >= 0.3 is 0 Å². The summed E-state index contributed by atoms with van der Waals surface area (Å²) in [5.41, 5.74) is 3.97. The van der Waals surface area contributed by atoms with Crippen molar-refractivity contribution in [3.05, 3.63) is 72.7 Å². The molecule has 0 saturated heterocycles. The number of hydrogen-bond donors (Lipinski definition) is 2. The van der Waals surface area contributed by atoms with Gasteiger partial charge < -0.3 is 10.6 Å². The summed E-state index contributed by atoms with van der Waals surface area (Å²) in [6.45, 7) is 0.727. The van der Waals surface area contributed by atoms with Gasteiger partial charge in [0.2, 0.25) is 0 Å². The van der Waals surface area contributed by atoms with Crippen molar-refractivity contribution in [1.29, 1.82) is 0 Å². The highest BCUT2D eigenvalue weighted by molar-refractivity contribution is 6.02. The second-order valence-corrected chi connectivity index (χ2v) is 4.85. The van der Waals surface area contributed by atoms with Crippen molar-refractivity contribution in [2.24, 2.45) is 9.98 Å². The number of anilines is 1. The first-order chi connectivity index (χ1) is 10.9. The van der Waals surface area contributed by atoms with Gasteiger partial charge in [0, 0.05) is 25.4 Å². The van der Waals surface area contributed by atoms with Crippen molar-refractivity contribution >= 4 is 23.3 Å². The van der Waals surface area contributed by atoms with Crippen LogP contribution in [0.1, 0.15) is 6.42 Å². The molecular weight excluding hydrogens is 272 g/mol. The highest BCUT2D eigenvalue weighted by atomic mass is 14.9. The lowest BCUT2D eigenvalue weighted by Crippen LogP contribution is -2.17. The standard InChI is InChI=1S/C18H18N4/c1-2-8-16-15(7-1)19-11-5-13-21-17-9-3-4-10-18(17)22-14-6-12-20-16/h1-9,12-14,19,21H,10-11H2/b13-5-,14-6-,20-12?,22-18?. The van der Waals surface area contributed by atoms with E-state index in [2.05, 4.69) is 26.7 Å². The molecule has 1 heterocycles. The zero-order chi connectivity index (χ0) is 15.0. The highest BCUT2D eigenvalue weighted by Crippen LogP contribution is 2.23. The molecule has 0 aromatic heterocycles. The molecule has 0 amide bonds. The van der Waals surface area contributed by atoms with Crippen LogP contribution in [-0.2, 0) is 0 Å². The van der Waals surface area contributed by atoms with Crippen molar-refractivity contribution in [2.45, 2.75) is 6.42 Å². The molecule has 110 valence electrons. The zero-order valence-corrected chi connectivity index (χ0v) is 12.2. The topological polar surface area (TPSA) is 48.8 Å². The van der Waals surface area contributed by atoms with Gasteiger partial charge in [-0.2, -0.15) is 0 Å². The molecule has 1 aliphatic heterocycles. The van der Waals surface area contributed by atoms with Crippen molar-refractivity contribution < 1.29 is 0 Å². The molecule has 22 heavy (non-hydrogen) atoms. The molecule has 1 aromatic rings. The Morgan fingerprint density at radius 3 is 3.00 bits per heavy atom. The molecular formula is C18H18N4. The number of para-hydroxylation sites is 2. The lowest BCUT2D eigenvalue weighted by atomic mass is 10.1. The van der Waals surface area contributed by atoms with E-state index in [1.165, 1.54) is 0 Å². The Hall–Kier alpha value is -2.88. The van der Waals surface area contributed by atoms with Gasteiger partial charge in [-0.25, -0.2) is 0 Å². The van der Waals surface area contributed by atoms with Crippen molar-refractivity contribution in [3.63, 3.8) is 0 Å². The van der Waals surface area contributed by atoms with Gasteiger partial charge in [0.25, 0.3) is 0 Å². The fourth-order valence-corrected chi connectivity index (χ4v) is 2.21. The maximum Gasteiger partial charge on any atom is 0.0861 e. The zero-order valence-electron chi connectivity index (χ0n) is 12.2. The van der Waals surface area contributed by atoms with Crippen LogP contribution in [0.5, 0.6) is 0 Å². The van der Waals surface area contributed by atoms with Gasteiger partial charge in [-0.3, -0.25) is 9.98 Å². The second kappa shape index (κ2) is 7.22. The smallest absolute Gasteiger partial charge is 0.0861 e. The number of nitrogens with one attached hydrogen (secondary N) is 2. The van der Waals surface area contributed by atoms with E-state index < -0.39 is 0 Å². The Balaban J connectivity index is 1.88. The number of fused-ring (bicyclic) bond motifs is 2. The van der Waals surface area contributed by atoms with Crippen LogP contribution in [-0.4, -0.2) is 18.5 Å². The van der Waals surface area contributed by atoms with Crippen molar-refractivity contribution in [1.82, 2.24) is 5.32 Å². The van der Waals surface area contributed by atoms with Gasteiger partial charge in [0.1, 0.15) is 0 Å². The third-order valence-electron chi connectivity index (χ3n) is 3.31. The summed E-state index contributed by atoms with van der Waals surface area (Å²) in [6.07, 6.45) is 16.4. The molecule has 1 aliphatic carbocycles. The molecule has 3 rings (SSSR count). The molecule has 0 atom stereocenters. The molecule has 2 N–H and O–H groups in total. The average molecular weight is 290 g/mol. The number of rotatable bonds is 0. The summed E-state index contributed by atoms with van der Waals surface area (Å²) in [7, 11) is 0. The lowest BCUT2D eigenvalue weighted by molar-refractivity contribution is 1.09. The number of nitrogens with zero attached hydrogens (tertiary/aromatic N) is 2. The highest BCUT2D eigenvalue weighted by Gasteiger charge is 2.06. The Labute approximate surface area is 130 Å². The van der Waals surface area contributed by atoms with E-state index >= 15 is 0 Å². The molecule has 0 radical (unpaired) electrons. The number of aliphatic imine (C=N–C) groups is 2. The lowest BCUT2D eigenvalue weighted by Gasteiger charge is -2.12. The first kappa shape index (κ1) is 14.1. The van der Waals surface area contributed by atoms with Gasteiger partial charge in [-0.05, 0) is 36.6 Å². The molecule has 0 bridgehead atoms. The molecule has 0 spiro atoms. The Kier molecular flexibility index (Phi) is 4.62. The summed E-state index contributed by atoms with van der Waals surface area (Å²) in [5, 5.41) is 6.65. The predicted molar refractivity (Wildman–Crippen MR) is 93.8 cm³/mol. The van der Waals surface area contributed by atoms with Crippen LogP contribution in [0, 0.1) is 0 Å². The average Bonchev–Trinajstić information content (AvgIpc) is 2.56. The number of hydrogen-bond acceptors (Lipinski definition) is 4. The van der Waals surface area contributed by atoms with Crippen LogP contribution in [0.25, 0.3) is 0 Å². The minimum Gasteiger partial charge on any atom is -0.380 e. The normalized spacial score (nSPS) is 20.2. The molecule has 1 aromatic carbocycles. The quantitative estimate of drug-likeness (QED) is 0.765. The van der Waals surface area contributed by atoms with Gasteiger partial charge in [0.15, 0.2) is 0 Å². The minimum absolute atomic E-state index is 0.727. The first-order valence-electron chi connectivity index (χ1n) is 7.31. The number of benzene rings is 1. The van der Waals surface area contributed by atoms with Crippen molar-refractivity contribution in [3.8, 4) is 0 Å². The first-order valence-corrected chi connectivity index (χ1v) is 7.31. The second-order valence-electron chi connectivity index (χ2n) is 4.85. The van der Waals surface area contributed by atoms with Crippen LogP contribution in [0.2, 0.25) is 0 Å². The summed E-state index contributed by atoms with van der Waals surface area (Å²) >= 11 is 0. The molecule has 4 heteroatoms. The van der Waals surface area contributed by atoms with Crippen LogP contribution >= 0.6 is 0 Å². The van der Waals surface area contributed by atoms with Gasteiger partial charge in [-0.1, -0.05) is 24.3 Å². The van der Waals surface area contributed by atoms with Crippen molar-refractivity contribution in [2.75, 3.05) is 11.9 Å². The minimum atomic E-state index is 0.727. The van der Waals surface area contributed by atoms with Crippen LogP contribution in [0.3, 0.4) is 0 Å². The third-order valence-corrected chi connectivity index (χ3v) is 3.31. The van der Waals surface area contributed by atoms with Gasteiger partial charge in [0.05, 0.1) is 22.8 Å². The van der Waals surface area contributed by atoms with E-state index in [0.717, 1.165) is 35.7 Å². The maximum absolute atomic E-state index is 4.50. The molecule has 4 nitrogen and oxygen atoms in total. The fraction of sp³-hybridized carbons (Fsp3) is 0.111. The van der Waals surface area contributed by atoms with Crippen LogP contribution < -0.4 is 10.6 Å². The number of allylic oxidation sites excluding steroid dienone is 5. The largest absolute Gasteiger partial charge is 0.380 e. The van der Waals surface area contributed by atoms with E-state index in [0.29, 0.717) is 0 Å². The fourth-order valence-electron chi connectivity index (χ4n) is 2.21. The third kappa shape index (κ3) is 3.61. The maximum atomic E-state index is 4.50. The molecule has 0 fully saturated rings. The van der Waals surface area contributed by atoms with Gasteiger partial charge in [-0.15, -0.1) is 0 Å². The summed E-state index contributed by atoms with van der Waals surface area (Å²) in [6, 6.07) is 7.99. The Morgan fingerprint density at radius 1 is 1.05 bits per heavy atom. The summed E-state index contributed by atoms with van der Waals surface area (Å²) in [5.74, 6) is 0. The van der Waals surface area contributed by atoms with E-state index in [4.69, 9.17) is 0 Å². The Morgan fingerprint density at radius 2 is 2.00 bits per heavy atom. The SMILES string of the molecule is C1=CCC2=N/C=C\C=Nc3ccccc3NC/C=C\NC2=C1.